The fourth-order valence-corrected chi connectivity index (χ4v) is 4.50. The van der Waals surface area contributed by atoms with Crippen molar-refractivity contribution in [2.45, 2.75) is 33.6 Å². The van der Waals surface area contributed by atoms with Gasteiger partial charge in [-0.3, -0.25) is 0 Å². The Labute approximate surface area is 139 Å². The highest BCUT2D eigenvalue weighted by Crippen LogP contribution is 2.50. The number of allylic oxidation sites excluding steroid dienone is 1. The van der Waals surface area contributed by atoms with Gasteiger partial charge in [-0.1, -0.05) is 49.5 Å². The Morgan fingerprint density at radius 3 is 2.68 bits per heavy atom. The molecular weight excluding hydrogens is 316 g/mol. The van der Waals surface area contributed by atoms with E-state index in [4.69, 9.17) is 4.74 Å². The Kier molecular flexibility index (Phi) is 5.64. The van der Waals surface area contributed by atoms with E-state index in [2.05, 4.69) is 13.8 Å². The van der Waals surface area contributed by atoms with Gasteiger partial charge in [0.25, 0.3) is 0 Å². The predicted octanol–water partition coefficient (Wildman–Crippen LogP) is 5.09. The largest absolute Gasteiger partial charge is 0.508 e. The molecule has 0 radical (unpaired) electrons. The summed E-state index contributed by atoms with van der Waals surface area (Å²) in [5, 5.41) is 10.1. The molecule has 1 heterocycles. The molecule has 22 heavy (non-hydrogen) atoms. The molecule has 1 N–H and O–H groups in total. The smallest absolute Gasteiger partial charge is 0.345 e. The number of carbonyl (C=O) groups excluding carboxylic acids is 1. The SMILES string of the molecule is CCOC(=O)C1=C(C)S/C(=C\c2ccc(C(C)C)c(O)c2)S1. The third-order valence-electron chi connectivity index (χ3n) is 3.20. The van der Waals surface area contributed by atoms with Gasteiger partial charge in [-0.15, -0.1) is 0 Å². The summed E-state index contributed by atoms with van der Waals surface area (Å²) in [5.74, 6) is 0.336. The van der Waals surface area contributed by atoms with E-state index in [1.165, 1.54) is 11.8 Å². The second-order valence-corrected chi connectivity index (χ2v) is 7.81. The van der Waals surface area contributed by atoms with E-state index in [0.717, 1.165) is 20.3 Å². The highest BCUT2D eigenvalue weighted by Gasteiger charge is 2.24. The topological polar surface area (TPSA) is 46.5 Å². The van der Waals surface area contributed by atoms with Crippen molar-refractivity contribution in [3.8, 4) is 5.75 Å². The Hall–Kier alpha value is -1.33. The van der Waals surface area contributed by atoms with Crippen LogP contribution in [-0.4, -0.2) is 17.7 Å². The van der Waals surface area contributed by atoms with Gasteiger partial charge in [-0.25, -0.2) is 4.79 Å². The molecule has 0 saturated carbocycles. The average molecular weight is 336 g/mol. The van der Waals surface area contributed by atoms with Crippen LogP contribution in [0, 0.1) is 0 Å². The van der Waals surface area contributed by atoms with Crippen LogP contribution in [0.2, 0.25) is 0 Å². The van der Waals surface area contributed by atoms with E-state index in [1.54, 1.807) is 24.8 Å². The number of phenols is 1. The summed E-state index contributed by atoms with van der Waals surface area (Å²) in [4.78, 5) is 13.5. The van der Waals surface area contributed by atoms with Crippen LogP contribution in [0.1, 0.15) is 44.7 Å². The number of phenolic OH excluding ortho intramolecular Hbond substituents is 1. The van der Waals surface area contributed by atoms with E-state index < -0.39 is 0 Å². The first-order chi connectivity index (χ1) is 10.4. The summed E-state index contributed by atoms with van der Waals surface area (Å²) in [5.41, 5.74) is 1.87. The molecule has 2 rings (SSSR count). The molecule has 0 atom stereocenters. The van der Waals surface area contributed by atoms with Gasteiger partial charge in [-0.2, -0.15) is 0 Å². The lowest BCUT2D eigenvalue weighted by atomic mass is 10.0. The highest BCUT2D eigenvalue weighted by atomic mass is 32.2. The molecule has 0 fully saturated rings. The Morgan fingerprint density at radius 1 is 1.36 bits per heavy atom. The van der Waals surface area contributed by atoms with Gasteiger partial charge >= 0.3 is 5.97 Å². The molecule has 0 aromatic heterocycles. The highest BCUT2D eigenvalue weighted by molar-refractivity contribution is 8.29. The maximum absolute atomic E-state index is 11.8. The lowest BCUT2D eigenvalue weighted by Gasteiger charge is -2.08. The number of rotatable bonds is 4. The lowest BCUT2D eigenvalue weighted by molar-refractivity contribution is -0.137. The third-order valence-corrected chi connectivity index (χ3v) is 5.65. The van der Waals surface area contributed by atoms with Gasteiger partial charge in [0, 0.05) is 4.91 Å². The first-order valence-corrected chi connectivity index (χ1v) is 8.84. The zero-order valence-electron chi connectivity index (χ0n) is 13.2. The van der Waals surface area contributed by atoms with Crippen molar-refractivity contribution in [3.05, 3.63) is 43.4 Å². The van der Waals surface area contributed by atoms with Gasteiger partial charge in [0.2, 0.25) is 0 Å². The van der Waals surface area contributed by atoms with Gasteiger partial charge in [-0.05, 0) is 43.0 Å². The van der Waals surface area contributed by atoms with Crippen LogP contribution < -0.4 is 0 Å². The van der Waals surface area contributed by atoms with Crippen LogP contribution in [0.3, 0.4) is 0 Å². The molecule has 5 heteroatoms. The quantitative estimate of drug-likeness (QED) is 0.776. The van der Waals surface area contributed by atoms with Crippen molar-refractivity contribution in [3.63, 3.8) is 0 Å². The second kappa shape index (κ2) is 7.29. The third kappa shape index (κ3) is 3.90. The van der Waals surface area contributed by atoms with E-state index in [1.807, 2.05) is 25.1 Å². The molecule has 1 aromatic rings. The standard InChI is InChI=1S/C17H20O3S2/c1-5-20-17(19)16-11(4)21-15(22-16)9-12-6-7-13(10(2)3)14(18)8-12/h6-10,18H,5H2,1-4H3/b15-9+. The van der Waals surface area contributed by atoms with Crippen molar-refractivity contribution in [1.82, 2.24) is 0 Å². The van der Waals surface area contributed by atoms with Crippen LogP contribution in [0.5, 0.6) is 5.75 Å². The van der Waals surface area contributed by atoms with Crippen LogP contribution >= 0.6 is 23.5 Å². The number of aromatic hydroxyl groups is 1. The van der Waals surface area contributed by atoms with E-state index in [9.17, 15) is 9.90 Å². The summed E-state index contributed by atoms with van der Waals surface area (Å²) < 4.78 is 6.07. The van der Waals surface area contributed by atoms with Crippen molar-refractivity contribution in [2.75, 3.05) is 6.61 Å². The first kappa shape index (κ1) is 17.0. The molecule has 0 aliphatic carbocycles. The predicted molar refractivity (Wildman–Crippen MR) is 94.7 cm³/mol. The fourth-order valence-electron chi connectivity index (χ4n) is 2.11. The molecule has 0 bridgehead atoms. The number of ether oxygens (including phenoxy) is 1. The van der Waals surface area contributed by atoms with Crippen LogP contribution in [0.25, 0.3) is 6.08 Å². The summed E-state index contributed by atoms with van der Waals surface area (Å²) in [7, 11) is 0. The van der Waals surface area contributed by atoms with Crippen molar-refractivity contribution in [1.29, 1.82) is 0 Å². The first-order valence-electron chi connectivity index (χ1n) is 7.20. The van der Waals surface area contributed by atoms with Gasteiger partial charge < -0.3 is 9.84 Å². The molecule has 0 amide bonds. The zero-order chi connectivity index (χ0) is 16.3. The molecule has 3 nitrogen and oxygen atoms in total. The zero-order valence-corrected chi connectivity index (χ0v) is 14.8. The van der Waals surface area contributed by atoms with Crippen molar-refractivity contribution in [2.24, 2.45) is 0 Å². The number of carbonyl (C=O) groups is 1. The molecule has 0 spiro atoms. The lowest BCUT2D eigenvalue weighted by Crippen LogP contribution is -2.04. The van der Waals surface area contributed by atoms with Gasteiger partial charge in [0.1, 0.15) is 10.7 Å². The van der Waals surface area contributed by atoms with Crippen molar-refractivity contribution >= 4 is 35.6 Å². The molecule has 1 aliphatic rings. The molecule has 1 aliphatic heterocycles. The van der Waals surface area contributed by atoms with Crippen LogP contribution in [0.15, 0.2) is 32.2 Å². The number of hydrogen-bond donors (Lipinski definition) is 1. The normalized spacial score (nSPS) is 16.7. The van der Waals surface area contributed by atoms with E-state index in [0.29, 0.717) is 17.3 Å². The van der Waals surface area contributed by atoms with E-state index in [-0.39, 0.29) is 11.9 Å². The molecule has 118 valence electrons. The van der Waals surface area contributed by atoms with Crippen molar-refractivity contribution < 1.29 is 14.6 Å². The average Bonchev–Trinajstić information content (AvgIpc) is 2.79. The summed E-state index contributed by atoms with van der Waals surface area (Å²) in [6, 6.07) is 5.70. The van der Waals surface area contributed by atoms with Gasteiger partial charge in [0.15, 0.2) is 0 Å². The Bertz CT molecular complexity index is 645. The minimum absolute atomic E-state index is 0.265. The number of thioether (sulfide) groups is 2. The van der Waals surface area contributed by atoms with E-state index >= 15 is 0 Å². The van der Waals surface area contributed by atoms with Gasteiger partial charge in [0.05, 0.1) is 10.8 Å². The number of benzene rings is 1. The summed E-state index contributed by atoms with van der Waals surface area (Å²) in [6.45, 7) is 8.20. The summed E-state index contributed by atoms with van der Waals surface area (Å²) >= 11 is 2.99. The van der Waals surface area contributed by atoms with Crippen LogP contribution in [0.4, 0.5) is 0 Å². The molecule has 0 saturated heterocycles. The Balaban J connectivity index is 2.16. The van der Waals surface area contributed by atoms with Crippen LogP contribution in [-0.2, 0) is 9.53 Å². The molecule has 0 unspecified atom stereocenters. The molecular formula is C17H20O3S2. The number of esters is 1. The molecule has 1 aromatic carbocycles. The fraction of sp³-hybridized carbons (Fsp3) is 0.353. The second-order valence-electron chi connectivity index (χ2n) is 5.25. The number of hydrogen-bond acceptors (Lipinski definition) is 5. The maximum Gasteiger partial charge on any atom is 0.345 e. The monoisotopic (exact) mass is 336 g/mol. The Morgan fingerprint density at radius 2 is 2.09 bits per heavy atom. The summed E-state index contributed by atoms with van der Waals surface area (Å²) in [6.07, 6.45) is 1.98. The minimum Gasteiger partial charge on any atom is -0.508 e. The minimum atomic E-state index is -0.265. The maximum atomic E-state index is 11.8.